The molecule has 0 unspecified atom stereocenters. The molecule has 2 aliphatic rings. The summed E-state index contributed by atoms with van der Waals surface area (Å²) in [5.41, 5.74) is 2.54. The second-order valence-electron chi connectivity index (χ2n) is 6.89. The first-order valence-corrected chi connectivity index (χ1v) is 9.58. The number of nitrogens with zero attached hydrogens (tertiary/aromatic N) is 2. The van der Waals surface area contributed by atoms with Crippen LogP contribution in [0.4, 0.5) is 0 Å². The van der Waals surface area contributed by atoms with Gasteiger partial charge in [-0.2, -0.15) is 4.31 Å². The lowest BCUT2D eigenvalue weighted by Crippen LogP contribution is -2.45. The van der Waals surface area contributed by atoms with Gasteiger partial charge >= 0.3 is 0 Å². The molecular formula is C17H24N2O4S. The molecule has 0 aliphatic carbocycles. The Balaban J connectivity index is 2.04. The fourth-order valence-corrected chi connectivity index (χ4v) is 5.69. The second kappa shape index (κ2) is 6.13. The number of ether oxygens (including phenoxy) is 1. The molecule has 2 saturated heterocycles. The van der Waals surface area contributed by atoms with Crippen molar-refractivity contribution in [2.24, 2.45) is 5.92 Å². The van der Waals surface area contributed by atoms with Gasteiger partial charge in [-0.1, -0.05) is 17.7 Å². The van der Waals surface area contributed by atoms with E-state index < -0.39 is 15.9 Å². The van der Waals surface area contributed by atoms with Gasteiger partial charge < -0.3 is 9.64 Å². The maximum atomic E-state index is 13.3. The molecule has 6 nitrogen and oxygen atoms in total. The third-order valence-corrected chi connectivity index (χ3v) is 7.05. The van der Waals surface area contributed by atoms with Gasteiger partial charge in [0.15, 0.2) is 0 Å². The van der Waals surface area contributed by atoms with Crippen LogP contribution in [-0.2, 0) is 19.6 Å². The Hall–Kier alpha value is -1.44. The van der Waals surface area contributed by atoms with Crippen molar-refractivity contribution in [3.05, 3.63) is 28.8 Å². The van der Waals surface area contributed by atoms with Crippen LogP contribution < -0.4 is 0 Å². The van der Waals surface area contributed by atoms with Crippen LogP contribution in [0, 0.1) is 26.7 Å². The fourth-order valence-electron chi connectivity index (χ4n) is 3.76. The molecule has 7 heteroatoms. The Bertz CT molecular complexity index is 752. The summed E-state index contributed by atoms with van der Waals surface area (Å²) in [4.78, 5) is 14.4. The zero-order chi connectivity index (χ0) is 17.6. The third kappa shape index (κ3) is 2.85. The number of likely N-dealkylation sites (N-methyl/N-ethyl adjacent to an activating group) is 1. The zero-order valence-corrected chi connectivity index (χ0v) is 15.4. The number of carbonyl (C=O) groups excluding carboxylic acids is 1. The first-order chi connectivity index (χ1) is 11.2. The van der Waals surface area contributed by atoms with E-state index in [4.69, 9.17) is 4.74 Å². The molecule has 2 fully saturated rings. The van der Waals surface area contributed by atoms with E-state index in [1.807, 2.05) is 32.9 Å². The average molecular weight is 352 g/mol. The Morgan fingerprint density at radius 3 is 2.33 bits per heavy atom. The van der Waals surface area contributed by atoms with Gasteiger partial charge in [0, 0.05) is 20.1 Å². The molecule has 1 amide bonds. The summed E-state index contributed by atoms with van der Waals surface area (Å²) >= 11 is 0. The molecule has 1 aromatic carbocycles. The van der Waals surface area contributed by atoms with Crippen LogP contribution in [0.25, 0.3) is 0 Å². The van der Waals surface area contributed by atoms with Gasteiger partial charge in [0.25, 0.3) is 0 Å². The lowest BCUT2D eigenvalue weighted by molar-refractivity contribution is -0.133. The summed E-state index contributed by atoms with van der Waals surface area (Å²) in [5.74, 6) is -0.476. The number of aryl methyl sites for hydroxylation is 3. The fraction of sp³-hybridized carbons (Fsp3) is 0.588. The number of benzene rings is 1. The molecule has 0 aromatic heterocycles. The smallest absolute Gasteiger partial charge is 0.243 e. The summed E-state index contributed by atoms with van der Waals surface area (Å²) in [6, 6.07) is 3.53. The van der Waals surface area contributed by atoms with Gasteiger partial charge in [-0.05, 0) is 31.9 Å². The highest BCUT2D eigenvalue weighted by atomic mass is 32.2. The number of rotatable bonds is 2. The lowest BCUT2D eigenvalue weighted by Gasteiger charge is -2.29. The van der Waals surface area contributed by atoms with Crippen molar-refractivity contribution in [2.45, 2.75) is 31.7 Å². The lowest BCUT2D eigenvalue weighted by atomic mass is 10.1. The Labute approximate surface area is 143 Å². The van der Waals surface area contributed by atoms with Crippen molar-refractivity contribution >= 4 is 15.9 Å². The molecule has 0 N–H and O–H groups in total. The normalized spacial score (nSPS) is 25.7. The van der Waals surface area contributed by atoms with Crippen LogP contribution in [0.15, 0.2) is 17.0 Å². The number of carbonyl (C=O) groups is 1. The van der Waals surface area contributed by atoms with Crippen LogP contribution >= 0.6 is 0 Å². The molecule has 0 radical (unpaired) electrons. The Kier molecular flexibility index (Phi) is 4.44. The van der Waals surface area contributed by atoms with Crippen molar-refractivity contribution in [1.82, 2.24) is 9.21 Å². The molecule has 0 spiro atoms. The van der Waals surface area contributed by atoms with E-state index in [2.05, 4.69) is 0 Å². The summed E-state index contributed by atoms with van der Waals surface area (Å²) in [6.45, 7) is 6.70. The summed E-state index contributed by atoms with van der Waals surface area (Å²) < 4.78 is 33.6. The van der Waals surface area contributed by atoms with Crippen molar-refractivity contribution in [2.75, 3.05) is 33.4 Å². The van der Waals surface area contributed by atoms with Gasteiger partial charge in [-0.15, -0.1) is 0 Å². The molecule has 2 heterocycles. The van der Waals surface area contributed by atoms with E-state index in [1.165, 1.54) is 4.31 Å². The van der Waals surface area contributed by atoms with Crippen molar-refractivity contribution in [3.63, 3.8) is 0 Å². The van der Waals surface area contributed by atoms with Crippen LogP contribution in [-0.4, -0.2) is 62.9 Å². The van der Waals surface area contributed by atoms with Gasteiger partial charge in [-0.3, -0.25) is 4.79 Å². The highest BCUT2D eigenvalue weighted by molar-refractivity contribution is 7.89. The largest absolute Gasteiger partial charge is 0.378 e. The maximum Gasteiger partial charge on any atom is 0.243 e. The van der Waals surface area contributed by atoms with Crippen molar-refractivity contribution in [1.29, 1.82) is 0 Å². The van der Waals surface area contributed by atoms with E-state index in [0.717, 1.165) is 16.7 Å². The highest BCUT2D eigenvalue weighted by Gasteiger charge is 2.42. The molecule has 2 bridgehead atoms. The van der Waals surface area contributed by atoms with Crippen LogP contribution in [0.3, 0.4) is 0 Å². The predicted molar refractivity (Wildman–Crippen MR) is 90.3 cm³/mol. The molecule has 3 rings (SSSR count). The van der Waals surface area contributed by atoms with E-state index in [1.54, 1.807) is 11.9 Å². The minimum Gasteiger partial charge on any atom is -0.378 e. The standard InChI is InChI=1S/C17H24N2O4S/c1-11-5-12(2)16(13(3)6-11)24(21,22)19-7-14-9-23-10-15(8-19)18(4)17(14)20/h5-6,14-15H,7-10H2,1-4H3/t14-,15+/m1/s1. The molecule has 132 valence electrons. The van der Waals surface area contributed by atoms with Gasteiger partial charge in [0.2, 0.25) is 15.9 Å². The highest BCUT2D eigenvalue weighted by Crippen LogP contribution is 2.29. The van der Waals surface area contributed by atoms with E-state index in [0.29, 0.717) is 11.5 Å². The van der Waals surface area contributed by atoms with Crippen LogP contribution in [0.2, 0.25) is 0 Å². The summed E-state index contributed by atoms with van der Waals surface area (Å²) in [5, 5.41) is 0. The SMILES string of the molecule is Cc1cc(C)c(S(=O)(=O)N2C[C@@H]3COC[C@H](C2)N(C)C3=O)c(C)c1. The quantitative estimate of drug-likeness (QED) is 0.799. The molecule has 2 atom stereocenters. The van der Waals surface area contributed by atoms with E-state index >= 15 is 0 Å². The number of hydrogen-bond donors (Lipinski definition) is 0. The summed E-state index contributed by atoms with van der Waals surface area (Å²) in [7, 11) is -1.92. The predicted octanol–water partition coefficient (Wildman–Crippen LogP) is 1.09. The average Bonchev–Trinajstić information content (AvgIpc) is 2.63. The molecular weight excluding hydrogens is 328 g/mol. The second-order valence-corrected chi connectivity index (χ2v) is 8.76. The van der Waals surface area contributed by atoms with Crippen molar-refractivity contribution in [3.8, 4) is 0 Å². The number of hydrogen-bond acceptors (Lipinski definition) is 4. The van der Waals surface area contributed by atoms with E-state index in [-0.39, 0.29) is 31.6 Å². The molecule has 2 aliphatic heterocycles. The summed E-state index contributed by atoms with van der Waals surface area (Å²) in [6.07, 6.45) is 0. The van der Waals surface area contributed by atoms with Gasteiger partial charge in [0.05, 0.1) is 30.1 Å². The molecule has 1 aromatic rings. The maximum absolute atomic E-state index is 13.3. The molecule has 0 saturated carbocycles. The van der Waals surface area contributed by atoms with Gasteiger partial charge in [-0.25, -0.2) is 8.42 Å². The number of amides is 1. The number of fused-ring (bicyclic) bond motifs is 3. The minimum atomic E-state index is -3.65. The monoisotopic (exact) mass is 352 g/mol. The van der Waals surface area contributed by atoms with Crippen LogP contribution in [0.5, 0.6) is 0 Å². The van der Waals surface area contributed by atoms with Gasteiger partial charge in [0.1, 0.15) is 0 Å². The number of sulfonamides is 1. The first kappa shape index (κ1) is 17.4. The van der Waals surface area contributed by atoms with E-state index in [9.17, 15) is 13.2 Å². The third-order valence-electron chi connectivity index (χ3n) is 4.91. The molecule has 24 heavy (non-hydrogen) atoms. The van der Waals surface area contributed by atoms with Crippen LogP contribution in [0.1, 0.15) is 16.7 Å². The zero-order valence-electron chi connectivity index (χ0n) is 14.6. The topological polar surface area (TPSA) is 66.9 Å². The minimum absolute atomic E-state index is 0.0347. The first-order valence-electron chi connectivity index (χ1n) is 8.14. The Morgan fingerprint density at radius 2 is 1.71 bits per heavy atom. The Morgan fingerprint density at radius 1 is 1.08 bits per heavy atom. The van der Waals surface area contributed by atoms with Crippen molar-refractivity contribution < 1.29 is 17.9 Å².